The van der Waals surface area contributed by atoms with E-state index in [4.69, 9.17) is 0 Å². The summed E-state index contributed by atoms with van der Waals surface area (Å²) in [6.45, 7) is 2.55. The monoisotopic (exact) mass is 285 g/mol. The van der Waals surface area contributed by atoms with Gasteiger partial charge in [-0.3, -0.25) is 10.1 Å². The SMILES string of the molecule is CCCNC(=O)NC(=O)CNc1cccc2ccccc12. The van der Waals surface area contributed by atoms with E-state index in [-0.39, 0.29) is 12.5 Å². The van der Waals surface area contributed by atoms with Gasteiger partial charge >= 0.3 is 6.03 Å². The molecular weight excluding hydrogens is 266 g/mol. The molecule has 2 aromatic rings. The van der Waals surface area contributed by atoms with E-state index in [0.717, 1.165) is 22.9 Å². The van der Waals surface area contributed by atoms with Gasteiger partial charge in [-0.2, -0.15) is 0 Å². The molecule has 0 saturated heterocycles. The predicted octanol–water partition coefficient (Wildman–Crippen LogP) is 2.49. The second-order valence-corrected chi connectivity index (χ2v) is 4.68. The van der Waals surface area contributed by atoms with E-state index < -0.39 is 6.03 Å². The average molecular weight is 285 g/mol. The van der Waals surface area contributed by atoms with Crippen molar-refractivity contribution in [3.05, 3.63) is 42.5 Å². The Hall–Kier alpha value is -2.56. The number of benzene rings is 2. The van der Waals surface area contributed by atoms with Gasteiger partial charge in [0.15, 0.2) is 0 Å². The normalized spacial score (nSPS) is 10.1. The number of hydrogen-bond donors (Lipinski definition) is 3. The molecule has 3 N–H and O–H groups in total. The summed E-state index contributed by atoms with van der Waals surface area (Å²) in [6.07, 6.45) is 0.829. The summed E-state index contributed by atoms with van der Waals surface area (Å²) in [5.41, 5.74) is 0.872. The highest BCUT2D eigenvalue weighted by atomic mass is 16.2. The number of nitrogens with one attached hydrogen (secondary N) is 3. The minimum atomic E-state index is -0.457. The van der Waals surface area contributed by atoms with Crippen LogP contribution in [0.4, 0.5) is 10.5 Å². The molecule has 0 atom stereocenters. The van der Waals surface area contributed by atoms with Gasteiger partial charge < -0.3 is 10.6 Å². The lowest BCUT2D eigenvalue weighted by molar-refractivity contribution is -0.118. The second-order valence-electron chi connectivity index (χ2n) is 4.68. The van der Waals surface area contributed by atoms with Crippen LogP contribution in [0.15, 0.2) is 42.5 Å². The van der Waals surface area contributed by atoms with Crippen molar-refractivity contribution < 1.29 is 9.59 Å². The maximum absolute atomic E-state index is 11.7. The zero-order valence-electron chi connectivity index (χ0n) is 12.0. The Bertz CT molecular complexity index is 635. The van der Waals surface area contributed by atoms with Crippen LogP contribution < -0.4 is 16.0 Å². The number of hydrogen-bond acceptors (Lipinski definition) is 3. The van der Waals surface area contributed by atoms with E-state index in [2.05, 4.69) is 16.0 Å². The van der Waals surface area contributed by atoms with E-state index in [1.54, 1.807) is 0 Å². The van der Waals surface area contributed by atoms with Crippen LogP contribution in [0.5, 0.6) is 0 Å². The number of rotatable bonds is 5. The first kappa shape index (κ1) is 14.8. The van der Waals surface area contributed by atoms with Gasteiger partial charge in [0.1, 0.15) is 0 Å². The molecule has 0 saturated carbocycles. The number of imide groups is 1. The number of anilines is 1. The first-order valence-corrected chi connectivity index (χ1v) is 7.00. The fourth-order valence-corrected chi connectivity index (χ4v) is 2.01. The van der Waals surface area contributed by atoms with Gasteiger partial charge in [-0.25, -0.2) is 4.79 Å². The Labute approximate surface area is 123 Å². The van der Waals surface area contributed by atoms with Gasteiger partial charge in [0, 0.05) is 17.6 Å². The van der Waals surface area contributed by atoms with Crippen LogP contribution in [-0.4, -0.2) is 25.0 Å². The molecule has 0 spiro atoms. The van der Waals surface area contributed by atoms with Crippen LogP contribution in [0.25, 0.3) is 10.8 Å². The molecule has 0 fully saturated rings. The highest BCUT2D eigenvalue weighted by Gasteiger charge is 2.07. The molecule has 0 radical (unpaired) electrons. The highest BCUT2D eigenvalue weighted by Crippen LogP contribution is 2.22. The van der Waals surface area contributed by atoms with Crippen molar-refractivity contribution in [2.75, 3.05) is 18.4 Å². The molecular formula is C16H19N3O2. The lowest BCUT2D eigenvalue weighted by Crippen LogP contribution is -2.42. The Morgan fingerprint density at radius 3 is 2.62 bits per heavy atom. The van der Waals surface area contributed by atoms with E-state index in [1.165, 1.54) is 0 Å². The molecule has 2 rings (SSSR count). The Kier molecular flexibility index (Phi) is 5.15. The Balaban J connectivity index is 1.93. The van der Waals surface area contributed by atoms with Gasteiger partial charge in [-0.05, 0) is 17.9 Å². The largest absolute Gasteiger partial charge is 0.376 e. The summed E-state index contributed by atoms with van der Waals surface area (Å²) in [5, 5.41) is 10.1. The lowest BCUT2D eigenvalue weighted by atomic mass is 10.1. The third-order valence-corrected chi connectivity index (χ3v) is 3.02. The van der Waals surface area contributed by atoms with Crippen LogP contribution >= 0.6 is 0 Å². The number of urea groups is 1. The maximum Gasteiger partial charge on any atom is 0.321 e. The summed E-state index contributed by atoms with van der Waals surface area (Å²) in [5.74, 6) is -0.364. The van der Waals surface area contributed by atoms with Crippen molar-refractivity contribution in [1.82, 2.24) is 10.6 Å². The van der Waals surface area contributed by atoms with Crippen LogP contribution in [0.1, 0.15) is 13.3 Å². The standard InChI is InChI=1S/C16H19N3O2/c1-2-10-17-16(21)19-15(20)11-18-14-9-5-7-12-6-3-4-8-13(12)14/h3-9,18H,2,10-11H2,1H3,(H2,17,19,20,21). The zero-order chi connectivity index (χ0) is 15.1. The smallest absolute Gasteiger partial charge is 0.321 e. The van der Waals surface area contributed by atoms with Crippen molar-refractivity contribution in [3.8, 4) is 0 Å². The predicted molar refractivity (Wildman–Crippen MR) is 84.3 cm³/mol. The minimum absolute atomic E-state index is 0.0492. The van der Waals surface area contributed by atoms with Crippen molar-refractivity contribution in [1.29, 1.82) is 0 Å². The molecule has 3 amide bonds. The summed E-state index contributed by atoms with van der Waals surface area (Å²) in [4.78, 5) is 23.1. The molecule has 0 aliphatic heterocycles. The third-order valence-electron chi connectivity index (χ3n) is 3.02. The summed E-state index contributed by atoms with van der Waals surface area (Å²) in [7, 11) is 0. The number of amides is 3. The maximum atomic E-state index is 11.7. The van der Waals surface area contributed by atoms with Crippen molar-refractivity contribution in [2.24, 2.45) is 0 Å². The topological polar surface area (TPSA) is 70.2 Å². The molecule has 0 aliphatic carbocycles. The second kappa shape index (κ2) is 7.28. The third kappa shape index (κ3) is 4.21. The zero-order valence-corrected chi connectivity index (χ0v) is 12.0. The number of fused-ring (bicyclic) bond motifs is 1. The summed E-state index contributed by atoms with van der Waals surface area (Å²) >= 11 is 0. The number of carbonyl (C=O) groups is 2. The first-order chi connectivity index (χ1) is 10.2. The fourth-order valence-electron chi connectivity index (χ4n) is 2.01. The Morgan fingerprint density at radius 2 is 1.81 bits per heavy atom. The van der Waals surface area contributed by atoms with E-state index >= 15 is 0 Å². The van der Waals surface area contributed by atoms with Gasteiger partial charge in [0.25, 0.3) is 0 Å². The molecule has 5 nitrogen and oxygen atoms in total. The van der Waals surface area contributed by atoms with Gasteiger partial charge in [0.2, 0.25) is 5.91 Å². The van der Waals surface area contributed by atoms with Crippen molar-refractivity contribution >= 4 is 28.4 Å². The molecule has 0 aliphatic rings. The molecule has 0 unspecified atom stereocenters. The Morgan fingerprint density at radius 1 is 1.05 bits per heavy atom. The van der Waals surface area contributed by atoms with E-state index in [1.807, 2.05) is 49.4 Å². The van der Waals surface area contributed by atoms with Crippen LogP contribution in [0.3, 0.4) is 0 Å². The van der Waals surface area contributed by atoms with E-state index in [9.17, 15) is 9.59 Å². The van der Waals surface area contributed by atoms with Gasteiger partial charge in [-0.15, -0.1) is 0 Å². The average Bonchev–Trinajstić information content (AvgIpc) is 2.51. The summed E-state index contributed by atoms with van der Waals surface area (Å²) < 4.78 is 0. The van der Waals surface area contributed by atoms with Gasteiger partial charge in [0.05, 0.1) is 6.54 Å². The summed E-state index contributed by atoms with van der Waals surface area (Å²) in [6, 6.07) is 13.3. The molecule has 5 heteroatoms. The van der Waals surface area contributed by atoms with Crippen LogP contribution in [0.2, 0.25) is 0 Å². The van der Waals surface area contributed by atoms with Crippen molar-refractivity contribution in [2.45, 2.75) is 13.3 Å². The van der Waals surface area contributed by atoms with Gasteiger partial charge in [-0.1, -0.05) is 43.3 Å². The molecule has 0 aromatic heterocycles. The molecule has 0 heterocycles. The molecule has 21 heavy (non-hydrogen) atoms. The highest BCUT2D eigenvalue weighted by molar-refractivity contribution is 5.98. The molecule has 0 bridgehead atoms. The van der Waals surface area contributed by atoms with Crippen molar-refractivity contribution in [3.63, 3.8) is 0 Å². The van der Waals surface area contributed by atoms with Crippen LogP contribution in [0, 0.1) is 0 Å². The first-order valence-electron chi connectivity index (χ1n) is 7.00. The minimum Gasteiger partial charge on any atom is -0.376 e. The van der Waals surface area contributed by atoms with E-state index in [0.29, 0.717) is 6.54 Å². The molecule has 2 aromatic carbocycles. The van der Waals surface area contributed by atoms with Crippen LogP contribution in [-0.2, 0) is 4.79 Å². The number of carbonyl (C=O) groups excluding carboxylic acids is 2. The lowest BCUT2D eigenvalue weighted by Gasteiger charge is -2.10. The fraction of sp³-hybridized carbons (Fsp3) is 0.250. The molecule has 110 valence electrons. The quantitative estimate of drug-likeness (QED) is 0.790.